The molecule has 0 unspecified atom stereocenters. The molecule has 1 aliphatic heterocycles. The summed E-state index contributed by atoms with van der Waals surface area (Å²) in [4.78, 5) is 0. The van der Waals surface area contributed by atoms with E-state index >= 15 is 0 Å². The van der Waals surface area contributed by atoms with E-state index < -0.39 is 24.4 Å². The van der Waals surface area contributed by atoms with E-state index in [-0.39, 0.29) is 13.2 Å². The number of hydrogen-bond acceptors (Lipinski definition) is 5. The predicted octanol–water partition coefficient (Wildman–Crippen LogP) is 4.48. The van der Waals surface area contributed by atoms with E-state index in [0.29, 0.717) is 0 Å². The molecule has 3 N–H and O–H groups in total. The zero-order valence-corrected chi connectivity index (χ0v) is 17.9. The first-order chi connectivity index (χ1) is 13.7. The Morgan fingerprint density at radius 1 is 0.786 bits per heavy atom. The van der Waals surface area contributed by atoms with Crippen LogP contribution in [-0.4, -0.2) is 52.9 Å². The van der Waals surface area contributed by atoms with Gasteiger partial charge in [0.1, 0.15) is 31.0 Å². The first kappa shape index (κ1) is 25.4. The van der Waals surface area contributed by atoms with Gasteiger partial charge in [-0.05, 0) is 18.9 Å². The maximum absolute atomic E-state index is 9.80. The lowest BCUT2D eigenvalue weighted by molar-refractivity contribution is -0.195. The highest BCUT2D eigenvalue weighted by molar-refractivity contribution is 4.87. The summed E-state index contributed by atoms with van der Waals surface area (Å²) in [6.07, 6.45) is 18.4. The molecule has 0 aromatic rings. The van der Waals surface area contributed by atoms with Crippen LogP contribution in [0.2, 0.25) is 0 Å². The molecule has 5 heteroatoms. The lowest BCUT2D eigenvalue weighted by Gasteiger charge is -2.34. The summed E-state index contributed by atoms with van der Waals surface area (Å²) in [5.41, 5.74) is 0. The third kappa shape index (κ3) is 12.1. The molecule has 0 spiro atoms. The Balaban J connectivity index is 1.82. The molecular weight excluding hydrogens is 356 g/mol. The van der Waals surface area contributed by atoms with Gasteiger partial charge in [-0.25, -0.2) is 0 Å². The van der Waals surface area contributed by atoms with Crippen LogP contribution in [0.5, 0.6) is 0 Å². The van der Waals surface area contributed by atoms with Crippen molar-refractivity contribution >= 4 is 0 Å². The van der Waals surface area contributed by atoms with Gasteiger partial charge >= 0.3 is 0 Å². The molecule has 0 aromatic carbocycles. The van der Waals surface area contributed by atoms with Crippen LogP contribution in [0.25, 0.3) is 0 Å². The van der Waals surface area contributed by atoms with E-state index in [1.807, 2.05) is 6.08 Å². The molecular formula is C23H44O5. The van der Waals surface area contributed by atoms with Crippen LogP contribution >= 0.6 is 0 Å². The number of rotatable bonds is 17. The quantitative estimate of drug-likeness (QED) is 0.248. The molecule has 1 heterocycles. The van der Waals surface area contributed by atoms with Gasteiger partial charge in [-0.1, -0.05) is 84.0 Å². The SMILES string of the molecule is CCCCCCCCCCCCCCC/C=C/OC[C@@H]1OC[C@@H](O)[C@H](O)[C@H]1O. The van der Waals surface area contributed by atoms with E-state index in [2.05, 4.69) is 6.92 Å². The van der Waals surface area contributed by atoms with Crippen molar-refractivity contribution in [2.45, 2.75) is 121 Å². The van der Waals surface area contributed by atoms with E-state index in [9.17, 15) is 15.3 Å². The summed E-state index contributed by atoms with van der Waals surface area (Å²) in [6, 6.07) is 0. The van der Waals surface area contributed by atoms with Crippen molar-refractivity contribution in [2.75, 3.05) is 13.2 Å². The van der Waals surface area contributed by atoms with Gasteiger partial charge in [0, 0.05) is 0 Å². The topological polar surface area (TPSA) is 79.2 Å². The fourth-order valence-electron chi connectivity index (χ4n) is 3.58. The van der Waals surface area contributed by atoms with Crippen molar-refractivity contribution in [3.8, 4) is 0 Å². The van der Waals surface area contributed by atoms with Crippen LogP contribution in [0.15, 0.2) is 12.3 Å². The summed E-state index contributed by atoms with van der Waals surface area (Å²) in [5, 5.41) is 28.8. The molecule has 1 rings (SSSR count). The van der Waals surface area contributed by atoms with Crippen LogP contribution in [0, 0.1) is 0 Å². The Morgan fingerprint density at radius 3 is 1.89 bits per heavy atom. The number of ether oxygens (including phenoxy) is 2. The van der Waals surface area contributed by atoms with Crippen molar-refractivity contribution in [1.29, 1.82) is 0 Å². The van der Waals surface area contributed by atoms with E-state index in [1.54, 1.807) is 6.26 Å². The Bertz CT molecular complexity index is 374. The third-order valence-corrected chi connectivity index (χ3v) is 5.53. The molecule has 166 valence electrons. The summed E-state index contributed by atoms with van der Waals surface area (Å²) in [7, 11) is 0. The van der Waals surface area contributed by atoms with Crippen LogP contribution in [0.3, 0.4) is 0 Å². The number of aliphatic hydroxyl groups excluding tert-OH is 3. The Morgan fingerprint density at radius 2 is 1.32 bits per heavy atom. The van der Waals surface area contributed by atoms with Gasteiger partial charge in [-0.15, -0.1) is 0 Å². The lowest BCUT2D eigenvalue weighted by atomic mass is 10.0. The van der Waals surface area contributed by atoms with Crippen LogP contribution < -0.4 is 0 Å². The maximum Gasteiger partial charge on any atom is 0.120 e. The second-order valence-electron chi connectivity index (χ2n) is 8.16. The zero-order valence-electron chi connectivity index (χ0n) is 17.9. The smallest absolute Gasteiger partial charge is 0.120 e. The molecule has 1 saturated heterocycles. The molecule has 0 radical (unpaired) electrons. The van der Waals surface area contributed by atoms with Gasteiger partial charge < -0.3 is 24.8 Å². The average molecular weight is 401 g/mol. The number of allylic oxidation sites excluding steroid dienone is 1. The fourth-order valence-corrected chi connectivity index (χ4v) is 3.58. The second-order valence-corrected chi connectivity index (χ2v) is 8.16. The highest BCUT2D eigenvalue weighted by atomic mass is 16.6. The molecule has 0 amide bonds. The third-order valence-electron chi connectivity index (χ3n) is 5.53. The van der Waals surface area contributed by atoms with Crippen LogP contribution in [-0.2, 0) is 9.47 Å². The van der Waals surface area contributed by atoms with Crippen molar-refractivity contribution in [1.82, 2.24) is 0 Å². The number of unbranched alkanes of at least 4 members (excludes halogenated alkanes) is 13. The summed E-state index contributed by atoms with van der Waals surface area (Å²) in [6.45, 7) is 2.47. The molecule has 0 aromatic heterocycles. The molecule has 1 fully saturated rings. The van der Waals surface area contributed by atoms with E-state index in [4.69, 9.17) is 9.47 Å². The van der Waals surface area contributed by atoms with E-state index in [1.165, 1.54) is 83.5 Å². The number of hydrogen-bond donors (Lipinski definition) is 3. The molecule has 0 bridgehead atoms. The zero-order chi connectivity index (χ0) is 20.5. The minimum atomic E-state index is -1.17. The highest BCUT2D eigenvalue weighted by Crippen LogP contribution is 2.16. The lowest BCUT2D eigenvalue weighted by Crippen LogP contribution is -2.54. The van der Waals surface area contributed by atoms with Crippen LogP contribution in [0.4, 0.5) is 0 Å². The van der Waals surface area contributed by atoms with Crippen molar-refractivity contribution in [3.63, 3.8) is 0 Å². The molecule has 0 aliphatic carbocycles. The van der Waals surface area contributed by atoms with Crippen molar-refractivity contribution in [3.05, 3.63) is 12.3 Å². The van der Waals surface area contributed by atoms with Gasteiger partial charge in [-0.3, -0.25) is 0 Å². The Labute approximate surface area is 172 Å². The predicted molar refractivity (Wildman–Crippen MR) is 113 cm³/mol. The van der Waals surface area contributed by atoms with E-state index in [0.717, 1.165) is 6.42 Å². The molecule has 0 saturated carbocycles. The molecule has 28 heavy (non-hydrogen) atoms. The number of aliphatic hydroxyl groups is 3. The average Bonchev–Trinajstić information content (AvgIpc) is 2.70. The fraction of sp³-hybridized carbons (Fsp3) is 0.913. The van der Waals surface area contributed by atoms with Gasteiger partial charge in [0.05, 0.1) is 12.9 Å². The van der Waals surface area contributed by atoms with Gasteiger partial charge in [0.15, 0.2) is 0 Å². The summed E-state index contributed by atoms with van der Waals surface area (Å²) >= 11 is 0. The largest absolute Gasteiger partial charge is 0.499 e. The first-order valence-electron chi connectivity index (χ1n) is 11.6. The van der Waals surface area contributed by atoms with Gasteiger partial charge in [-0.2, -0.15) is 0 Å². The normalized spacial score (nSPS) is 25.4. The molecule has 4 atom stereocenters. The van der Waals surface area contributed by atoms with Crippen molar-refractivity contribution < 1.29 is 24.8 Å². The molecule has 5 nitrogen and oxygen atoms in total. The summed E-state index contributed by atoms with van der Waals surface area (Å²) < 4.78 is 10.7. The minimum Gasteiger partial charge on any atom is -0.499 e. The van der Waals surface area contributed by atoms with Crippen molar-refractivity contribution in [2.24, 2.45) is 0 Å². The van der Waals surface area contributed by atoms with Gasteiger partial charge in [0.2, 0.25) is 0 Å². The Hall–Kier alpha value is -0.620. The minimum absolute atomic E-state index is 0.0227. The van der Waals surface area contributed by atoms with Gasteiger partial charge in [0.25, 0.3) is 0 Å². The first-order valence-corrected chi connectivity index (χ1v) is 11.6. The highest BCUT2D eigenvalue weighted by Gasteiger charge is 2.37. The Kier molecular flexibility index (Phi) is 15.7. The van der Waals surface area contributed by atoms with Crippen LogP contribution in [0.1, 0.15) is 96.8 Å². The molecule has 1 aliphatic rings. The summed E-state index contributed by atoms with van der Waals surface area (Å²) in [5.74, 6) is 0. The maximum atomic E-state index is 9.80. The standard InChI is InChI=1S/C23H44O5/c1-2-3-4-5-6-7-8-9-10-11-12-13-14-15-16-17-27-19-21-23(26)22(25)20(24)18-28-21/h16-17,20-26H,2-15,18-19H2,1H3/b17-16+/t20-,21+,22+,23+/m1/s1. The monoisotopic (exact) mass is 400 g/mol. The second kappa shape index (κ2) is 17.3.